The Bertz CT molecular complexity index is 651. The number of nitrogens with zero attached hydrogens (tertiary/aromatic N) is 3. The monoisotopic (exact) mass is 254 g/mol. The number of rotatable bonds is 2. The Labute approximate surface area is 109 Å². The van der Waals surface area contributed by atoms with E-state index in [0.717, 1.165) is 11.4 Å². The minimum absolute atomic E-state index is 0.386. The third kappa shape index (κ3) is 2.26. The van der Waals surface area contributed by atoms with Gasteiger partial charge in [-0.2, -0.15) is 5.26 Å². The van der Waals surface area contributed by atoms with Crippen LogP contribution in [0.5, 0.6) is 11.5 Å². The van der Waals surface area contributed by atoms with Gasteiger partial charge in [-0.15, -0.1) is 0 Å². The number of hydrogen-bond acceptors (Lipinski definition) is 6. The van der Waals surface area contributed by atoms with E-state index in [1.165, 1.54) is 12.5 Å². The second kappa shape index (κ2) is 4.82. The minimum Gasteiger partial charge on any atom is -0.486 e. The summed E-state index contributed by atoms with van der Waals surface area (Å²) in [5.41, 5.74) is 1.16. The molecule has 1 aromatic carbocycles. The van der Waals surface area contributed by atoms with Crippen molar-refractivity contribution >= 4 is 11.5 Å². The number of hydrogen-bond donors (Lipinski definition) is 1. The van der Waals surface area contributed by atoms with E-state index in [2.05, 4.69) is 15.3 Å². The van der Waals surface area contributed by atoms with Crippen LogP contribution in [0.15, 0.2) is 30.7 Å². The first-order chi connectivity index (χ1) is 9.36. The molecule has 0 atom stereocenters. The molecule has 94 valence electrons. The first-order valence-corrected chi connectivity index (χ1v) is 5.73. The molecule has 2 heterocycles. The van der Waals surface area contributed by atoms with Crippen molar-refractivity contribution in [2.24, 2.45) is 0 Å². The highest BCUT2D eigenvalue weighted by Gasteiger charge is 2.12. The van der Waals surface area contributed by atoms with E-state index in [9.17, 15) is 0 Å². The van der Waals surface area contributed by atoms with Crippen LogP contribution in [0.2, 0.25) is 0 Å². The van der Waals surface area contributed by atoms with Crippen LogP contribution in [-0.2, 0) is 0 Å². The third-order valence-electron chi connectivity index (χ3n) is 2.64. The van der Waals surface area contributed by atoms with E-state index in [1.807, 2.05) is 24.3 Å². The number of aromatic nitrogens is 2. The quantitative estimate of drug-likeness (QED) is 0.881. The van der Waals surface area contributed by atoms with Gasteiger partial charge in [0.05, 0.1) is 6.20 Å². The summed E-state index contributed by atoms with van der Waals surface area (Å²) >= 11 is 0. The molecule has 0 unspecified atom stereocenters. The van der Waals surface area contributed by atoms with Crippen molar-refractivity contribution < 1.29 is 9.47 Å². The second-order valence-electron chi connectivity index (χ2n) is 3.88. The summed E-state index contributed by atoms with van der Waals surface area (Å²) in [4.78, 5) is 7.85. The predicted octanol–water partition coefficient (Wildman–Crippen LogP) is 1.86. The van der Waals surface area contributed by atoms with Crippen LogP contribution in [0.1, 0.15) is 5.56 Å². The van der Waals surface area contributed by atoms with Gasteiger partial charge in [0, 0.05) is 11.8 Å². The zero-order chi connectivity index (χ0) is 13.1. The van der Waals surface area contributed by atoms with Crippen LogP contribution < -0.4 is 14.8 Å². The summed E-state index contributed by atoms with van der Waals surface area (Å²) in [7, 11) is 0. The topological polar surface area (TPSA) is 80.1 Å². The Kier molecular flexibility index (Phi) is 2.86. The van der Waals surface area contributed by atoms with Crippen LogP contribution in [-0.4, -0.2) is 23.2 Å². The van der Waals surface area contributed by atoms with Crippen LogP contribution >= 0.6 is 0 Å². The largest absolute Gasteiger partial charge is 0.486 e. The Morgan fingerprint density at radius 3 is 2.89 bits per heavy atom. The standard InChI is InChI=1S/C13H10N4O2/c14-6-9-7-15-8-16-13(9)17-10-1-2-11-12(5-10)19-4-3-18-11/h1-2,5,7-8H,3-4H2,(H,15,16,17). The molecule has 6 heteroatoms. The highest BCUT2D eigenvalue weighted by Crippen LogP contribution is 2.33. The molecule has 19 heavy (non-hydrogen) atoms. The molecule has 0 saturated heterocycles. The molecule has 3 rings (SSSR count). The van der Waals surface area contributed by atoms with E-state index >= 15 is 0 Å². The number of benzene rings is 1. The summed E-state index contributed by atoms with van der Waals surface area (Å²) in [5.74, 6) is 1.87. The van der Waals surface area contributed by atoms with Crippen LogP contribution in [0.3, 0.4) is 0 Å². The maximum atomic E-state index is 8.97. The molecule has 0 spiro atoms. The maximum Gasteiger partial charge on any atom is 0.163 e. The fraction of sp³-hybridized carbons (Fsp3) is 0.154. The fourth-order valence-corrected chi connectivity index (χ4v) is 1.77. The molecule has 0 aliphatic carbocycles. The summed E-state index contributed by atoms with van der Waals surface area (Å²) in [6.07, 6.45) is 2.86. The molecule has 2 aromatic rings. The summed E-state index contributed by atoms with van der Waals surface area (Å²) in [5, 5.41) is 12.0. The van der Waals surface area contributed by atoms with Gasteiger partial charge >= 0.3 is 0 Å². The van der Waals surface area contributed by atoms with Crippen molar-refractivity contribution in [2.75, 3.05) is 18.5 Å². The van der Waals surface area contributed by atoms with Crippen molar-refractivity contribution in [1.82, 2.24) is 9.97 Å². The molecule has 1 aliphatic heterocycles. The molecule has 1 aliphatic rings. The minimum atomic E-state index is 0.386. The average molecular weight is 254 g/mol. The zero-order valence-corrected chi connectivity index (χ0v) is 9.96. The number of anilines is 2. The Morgan fingerprint density at radius 1 is 1.21 bits per heavy atom. The molecule has 0 bridgehead atoms. The van der Waals surface area contributed by atoms with Gasteiger partial charge in [0.25, 0.3) is 0 Å². The van der Waals surface area contributed by atoms with Crippen molar-refractivity contribution in [3.05, 3.63) is 36.3 Å². The SMILES string of the molecule is N#Cc1cncnc1Nc1ccc2c(c1)OCCO2. The van der Waals surface area contributed by atoms with Crippen LogP contribution in [0.25, 0.3) is 0 Å². The van der Waals surface area contributed by atoms with Crippen LogP contribution in [0, 0.1) is 11.3 Å². The molecule has 0 amide bonds. The van der Waals surface area contributed by atoms with Gasteiger partial charge in [-0.05, 0) is 12.1 Å². The molecule has 6 nitrogen and oxygen atoms in total. The van der Waals surface area contributed by atoms with Gasteiger partial charge in [0.2, 0.25) is 0 Å². The van der Waals surface area contributed by atoms with Gasteiger partial charge < -0.3 is 14.8 Å². The lowest BCUT2D eigenvalue weighted by Crippen LogP contribution is -2.15. The first kappa shape index (κ1) is 11.3. The van der Waals surface area contributed by atoms with Crippen molar-refractivity contribution in [3.8, 4) is 17.6 Å². The Morgan fingerprint density at radius 2 is 2.05 bits per heavy atom. The highest BCUT2D eigenvalue weighted by molar-refractivity contribution is 5.65. The maximum absolute atomic E-state index is 8.97. The second-order valence-corrected chi connectivity index (χ2v) is 3.88. The van der Waals surface area contributed by atoms with Gasteiger partial charge in [0.1, 0.15) is 31.2 Å². The summed E-state index contributed by atoms with van der Waals surface area (Å²) in [6.45, 7) is 1.09. The van der Waals surface area contributed by atoms with E-state index in [-0.39, 0.29) is 0 Å². The fourth-order valence-electron chi connectivity index (χ4n) is 1.77. The molecule has 0 fully saturated rings. The lowest BCUT2D eigenvalue weighted by atomic mass is 10.2. The van der Waals surface area contributed by atoms with Crippen molar-refractivity contribution in [3.63, 3.8) is 0 Å². The average Bonchev–Trinajstić information content (AvgIpc) is 2.48. The summed E-state index contributed by atoms with van der Waals surface area (Å²) in [6, 6.07) is 7.52. The van der Waals surface area contributed by atoms with Gasteiger partial charge in [-0.25, -0.2) is 9.97 Å². The molecule has 1 aromatic heterocycles. The highest BCUT2D eigenvalue weighted by atomic mass is 16.6. The molecule has 0 saturated carbocycles. The van der Waals surface area contributed by atoms with E-state index in [1.54, 1.807) is 0 Å². The lowest BCUT2D eigenvalue weighted by Gasteiger charge is -2.19. The lowest BCUT2D eigenvalue weighted by molar-refractivity contribution is 0.171. The molecular formula is C13H10N4O2. The molecular weight excluding hydrogens is 244 g/mol. The smallest absolute Gasteiger partial charge is 0.163 e. The van der Waals surface area contributed by atoms with E-state index in [4.69, 9.17) is 14.7 Å². The first-order valence-electron chi connectivity index (χ1n) is 5.73. The van der Waals surface area contributed by atoms with E-state index < -0.39 is 0 Å². The summed E-state index contributed by atoms with van der Waals surface area (Å²) < 4.78 is 10.9. The van der Waals surface area contributed by atoms with Crippen LogP contribution in [0.4, 0.5) is 11.5 Å². The molecule has 1 N–H and O–H groups in total. The zero-order valence-electron chi connectivity index (χ0n) is 9.96. The van der Waals surface area contributed by atoms with Crippen molar-refractivity contribution in [2.45, 2.75) is 0 Å². The Hall–Kier alpha value is -2.81. The predicted molar refractivity (Wildman–Crippen MR) is 67.5 cm³/mol. The van der Waals surface area contributed by atoms with Gasteiger partial charge in [0.15, 0.2) is 17.3 Å². The number of nitriles is 1. The van der Waals surface area contributed by atoms with Crippen molar-refractivity contribution in [1.29, 1.82) is 5.26 Å². The normalized spacial score (nSPS) is 12.6. The third-order valence-corrected chi connectivity index (χ3v) is 2.64. The van der Waals surface area contributed by atoms with Gasteiger partial charge in [-0.3, -0.25) is 0 Å². The number of fused-ring (bicyclic) bond motifs is 1. The number of nitrogens with one attached hydrogen (secondary N) is 1. The molecule has 0 radical (unpaired) electrons. The van der Waals surface area contributed by atoms with E-state index in [0.29, 0.717) is 30.3 Å². The van der Waals surface area contributed by atoms with Gasteiger partial charge in [-0.1, -0.05) is 0 Å². The number of ether oxygens (including phenoxy) is 2. The Balaban J connectivity index is 1.89.